The van der Waals surface area contributed by atoms with Crippen LogP contribution in [-0.4, -0.2) is 25.2 Å². The van der Waals surface area contributed by atoms with Gasteiger partial charge in [-0.25, -0.2) is 4.79 Å². The fraction of sp³-hybridized carbons (Fsp3) is 0.562. The lowest BCUT2D eigenvalue weighted by molar-refractivity contribution is -0.142. The summed E-state index contributed by atoms with van der Waals surface area (Å²) in [7, 11) is 1.43. The molecule has 110 valence electrons. The number of carbonyl (C=O) groups is 1. The Morgan fingerprint density at radius 1 is 1.45 bits per heavy atom. The third-order valence-electron chi connectivity index (χ3n) is 3.62. The number of ether oxygens (including phenoxy) is 2. The average Bonchev–Trinajstić information content (AvgIpc) is 3.28. The Balaban J connectivity index is 2.04. The molecule has 20 heavy (non-hydrogen) atoms. The van der Waals surface area contributed by atoms with Crippen molar-refractivity contribution in [2.75, 3.05) is 12.4 Å². The molecule has 1 aromatic rings. The molecule has 0 bridgehead atoms. The van der Waals surface area contributed by atoms with E-state index in [1.165, 1.54) is 7.11 Å². The third kappa shape index (κ3) is 3.89. The van der Waals surface area contributed by atoms with Crippen LogP contribution in [0.4, 0.5) is 5.69 Å². The highest BCUT2D eigenvalue weighted by Gasteiger charge is 2.36. The minimum atomic E-state index is -0.251. The number of esters is 1. The van der Waals surface area contributed by atoms with Gasteiger partial charge >= 0.3 is 5.97 Å². The number of benzene rings is 1. The molecule has 4 heteroatoms. The largest absolute Gasteiger partial charge is 0.491 e. The van der Waals surface area contributed by atoms with E-state index in [2.05, 4.69) is 12.2 Å². The monoisotopic (exact) mass is 277 g/mol. The van der Waals surface area contributed by atoms with Gasteiger partial charge in [-0.1, -0.05) is 13.0 Å². The molecule has 0 saturated heterocycles. The maximum Gasteiger partial charge on any atom is 0.328 e. The lowest BCUT2D eigenvalue weighted by Gasteiger charge is -2.18. The van der Waals surface area contributed by atoms with Crippen LogP contribution in [0.25, 0.3) is 0 Å². The maximum atomic E-state index is 11.8. The van der Waals surface area contributed by atoms with E-state index in [9.17, 15) is 4.79 Å². The Morgan fingerprint density at radius 2 is 2.20 bits per heavy atom. The summed E-state index contributed by atoms with van der Waals surface area (Å²) >= 11 is 0. The van der Waals surface area contributed by atoms with Crippen LogP contribution in [0.5, 0.6) is 5.75 Å². The molecule has 2 rings (SSSR count). The van der Waals surface area contributed by atoms with Crippen molar-refractivity contribution in [3.63, 3.8) is 0 Å². The molecule has 1 aliphatic rings. The molecule has 2 atom stereocenters. The molecule has 0 radical (unpaired) electrons. The van der Waals surface area contributed by atoms with Crippen LogP contribution in [0.2, 0.25) is 0 Å². The minimum Gasteiger partial charge on any atom is -0.491 e. The van der Waals surface area contributed by atoms with Gasteiger partial charge < -0.3 is 14.8 Å². The smallest absolute Gasteiger partial charge is 0.328 e. The van der Waals surface area contributed by atoms with Crippen LogP contribution < -0.4 is 10.1 Å². The van der Waals surface area contributed by atoms with Gasteiger partial charge in [-0.05, 0) is 44.2 Å². The summed E-state index contributed by atoms with van der Waals surface area (Å²) in [5.41, 5.74) is 0.896. The number of rotatable bonds is 7. The van der Waals surface area contributed by atoms with Crippen LogP contribution in [-0.2, 0) is 9.53 Å². The lowest BCUT2D eigenvalue weighted by atomic mass is 10.1. The molecule has 4 nitrogen and oxygen atoms in total. The summed E-state index contributed by atoms with van der Waals surface area (Å²) in [4.78, 5) is 11.8. The van der Waals surface area contributed by atoms with Gasteiger partial charge in [0.15, 0.2) is 0 Å². The summed E-state index contributed by atoms with van der Waals surface area (Å²) < 4.78 is 10.7. The van der Waals surface area contributed by atoms with Gasteiger partial charge in [-0.2, -0.15) is 0 Å². The van der Waals surface area contributed by atoms with E-state index >= 15 is 0 Å². The van der Waals surface area contributed by atoms with Crippen LogP contribution in [0.1, 0.15) is 33.1 Å². The zero-order valence-corrected chi connectivity index (χ0v) is 12.4. The standard InChI is InChI=1S/C16H23NO3/c1-4-11(2)20-14-7-5-6-13(10-14)17-15(12-8-9-12)16(18)19-3/h5-7,10-12,15,17H,4,8-9H2,1-3H3. The molecule has 0 spiro atoms. The summed E-state index contributed by atoms with van der Waals surface area (Å²) in [6.07, 6.45) is 3.31. The first kappa shape index (κ1) is 14.7. The Kier molecular flexibility index (Phi) is 4.88. The van der Waals surface area contributed by atoms with Gasteiger partial charge in [0.1, 0.15) is 11.8 Å². The van der Waals surface area contributed by atoms with Gasteiger partial charge in [-0.3, -0.25) is 0 Å². The number of carbonyl (C=O) groups excluding carboxylic acids is 1. The normalized spacial score (nSPS) is 17.1. The molecule has 1 saturated carbocycles. The summed E-state index contributed by atoms with van der Waals surface area (Å²) in [5, 5.41) is 3.27. The molecule has 1 N–H and O–H groups in total. The van der Waals surface area contributed by atoms with Crippen molar-refractivity contribution in [1.82, 2.24) is 0 Å². The van der Waals surface area contributed by atoms with E-state index in [4.69, 9.17) is 9.47 Å². The van der Waals surface area contributed by atoms with Crippen LogP contribution in [0.15, 0.2) is 24.3 Å². The fourth-order valence-corrected chi connectivity index (χ4v) is 2.08. The molecule has 0 aromatic heterocycles. The SMILES string of the molecule is CCC(C)Oc1cccc(NC(C(=O)OC)C2CC2)c1. The van der Waals surface area contributed by atoms with E-state index in [1.807, 2.05) is 31.2 Å². The molecule has 1 aromatic carbocycles. The Morgan fingerprint density at radius 3 is 2.80 bits per heavy atom. The summed E-state index contributed by atoms with van der Waals surface area (Å²) in [6.45, 7) is 4.13. The molecule has 1 aliphatic carbocycles. The molecule has 0 aliphatic heterocycles. The molecule has 2 unspecified atom stereocenters. The minimum absolute atomic E-state index is 0.185. The number of hydrogen-bond acceptors (Lipinski definition) is 4. The maximum absolute atomic E-state index is 11.8. The fourth-order valence-electron chi connectivity index (χ4n) is 2.08. The second kappa shape index (κ2) is 6.64. The van der Waals surface area contributed by atoms with Crippen molar-refractivity contribution in [2.24, 2.45) is 5.92 Å². The van der Waals surface area contributed by atoms with Crippen LogP contribution >= 0.6 is 0 Å². The second-order valence-electron chi connectivity index (χ2n) is 5.35. The third-order valence-corrected chi connectivity index (χ3v) is 3.62. The van der Waals surface area contributed by atoms with Gasteiger partial charge in [0.05, 0.1) is 13.2 Å². The van der Waals surface area contributed by atoms with E-state index in [-0.39, 0.29) is 18.1 Å². The zero-order valence-electron chi connectivity index (χ0n) is 12.4. The first-order valence-electron chi connectivity index (χ1n) is 7.25. The quantitative estimate of drug-likeness (QED) is 0.777. The van der Waals surface area contributed by atoms with Crippen LogP contribution in [0, 0.1) is 5.92 Å². The average molecular weight is 277 g/mol. The molecular formula is C16H23NO3. The first-order chi connectivity index (χ1) is 9.63. The topological polar surface area (TPSA) is 47.6 Å². The van der Waals surface area contributed by atoms with Gasteiger partial charge in [-0.15, -0.1) is 0 Å². The molecule has 1 fully saturated rings. The van der Waals surface area contributed by atoms with Crippen molar-refractivity contribution in [3.05, 3.63) is 24.3 Å². The van der Waals surface area contributed by atoms with Crippen molar-refractivity contribution in [3.8, 4) is 5.75 Å². The van der Waals surface area contributed by atoms with Gasteiger partial charge in [0, 0.05) is 11.8 Å². The second-order valence-corrected chi connectivity index (χ2v) is 5.35. The Hall–Kier alpha value is -1.71. The van der Waals surface area contributed by atoms with E-state index in [0.29, 0.717) is 5.92 Å². The van der Waals surface area contributed by atoms with Gasteiger partial charge in [0.25, 0.3) is 0 Å². The molecular weight excluding hydrogens is 254 g/mol. The molecule has 0 amide bonds. The van der Waals surface area contributed by atoms with Gasteiger partial charge in [0.2, 0.25) is 0 Å². The number of anilines is 1. The highest BCUT2D eigenvalue weighted by Crippen LogP contribution is 2.35. The van der Waals surface area contributed by atoms with E-state index in [1.54, 1.807) is 0 Å². The predicted octanol–water partition coefficient (Wildman–Crippen LogP) is 3.23. The number of methoxy groups -OCH3 is 1. The lowest BCUT2D eigenvalue weighted by Crippen LogP contribution is -2.32. The predicted molar refractivity (Wildman–Crippen MR) is 79.0 cm³/mol. The summed E-state index contributed by atoms with van der Waals surface area (Å²) in [6, 6.07) is 7.49. The van der Waals surface area contributed by atoms with Crippen molar-refractivity contribution in [1.29, 1.82) is 0 Å². The van der Waals surface area contributed by atoms with E-state index < -0.39 is 0 Å². The van der Waals surface area contributed by atoms with Crippen molar-refractivity contribution in [2.45, 2.75) is 45.3 Å². The summed E-state index contributed by atoms with van der Waals surface area (Å²) in [5.74, 6) is 1.02. The Bertz CT molecular complexity index is 457. The number of hydrogen-bond donors (Lipinski definition) is 1. The van der Waals surface area contributed by atoms with Crippen molar-refractivity contribution >= 4 is 11.7 Å². The van der Waals surface area contributed by atoms with Crippen LogP contribution in [0.3, 0.4) is 0 Å². The zero-order chi connectivity index (χ0) is 14.5. The van der Waals surface area contributed by atoms with E-state index in [0.717, 1.165) is 30.7 Å². The number of nitrogens with one attached hydrogen (secondary N) is 1. The first-order valence-corrected chi connectivity index (χ1v) is 7.25. The highest BCUT2D eigenvalue weighted by atomic mass is 16.5. The highest BCUT2D eigenvalue weighted by molar-refractivity contribution is 5.80. The van der Waals surface area contributed by atoms with Crippen molar-refractivity contribution < 1.29 is 14.3 Å². The molecule has 0 heterocycles. The Labute approximate surface area is 120 Å².